The summed E-state index contributed by atoms with van der Waals surface area (Å²) in [6.45, 7) is 0.0835. The van der Waals surface area contributed by atoms with Crippen molar-refractivity contribution in [1.82, 2.24) is 16.0 Å². The number of carboxylic acids is 2. The van der Waals surface area contributed by atoms with Crippen LogP contribution in [0.1, 0.15) is 25.7 Å². The van der Waals surface area contributed by atoms with Crippen LogP contribution in [0, 0.1) is 0 Å². The molecule has 0 fully saturated rings. The van der Waals surface area contributed by atoms with Crippen molar-refractivity contribution in [3.63, 3.8) is 0 Å². The zero-order valence-corrected chi connectivity index (χ0v) is 19.0. The van der Waals surface area contributed by atoms with Crippen molar-refractivity contribution in [2.24, 2.45) is 27.9 Å². The predicted molar refractivity (Wildman–Crippen MR) is 121 cm³/mol. The average Bonchev–Trinajstić information content (AvgIpc) is 2.72. The molecule has 17 heteroatoms. The lowest BCUT2D eigenvalue weighted by Gasteiger charge is -2.24. The van der Waals surface area contributed by atoms with E-state index in [4.69, 9.17) is 28.0 Å². The van der Waals surface area contributed by atoms with Gasteiger partial charge in [0, 0.05) is 12.3 Å². The first-order chi connectivity index (χ1) is 15.8. The van der Waals surface area contributed by atoms with Crippen LogP contribution in [0.4, 0.5) is 0 Å². The number of carbonyl (C=O) groups excluding carboxylic acids is 4. The first-order valence-corrected chi connectivity index (χ1v) is 10.5. The minimum absolute atomic E-state index is 0.0828. The molecular weight excluding hydrogens is 476 g/mol. The second-order valence-electron chi connectivity index (χ2n) is 7.03. The van der Waals surface area contributed by atoms with Crippen molar-refractivity contribution in [2.45, 2.75) is 49.9 Å². The number of aliphatic imine (C=N–C) groups is 1. The lowest BCUT2D eigenvalue weighted by molar-refractivity contribution is -0.144. The van der Waals surface area contributed by atoms with Gasteiger partial charge < -0.3 is 49.1 Å². The summed E-state index contributed by atoms with van der Waals surface area (Å²) >= 11 is 3.84. The van der Waals surface area contributed by atoms with E-state index in [-0.39, 0.29) is 31.1 Å². The number of carbonyl (C=O) groups is 6. The van der Waals surface area contributed by atoms with E-state index in [0.29, 0.717) is 0 Å². The number of rotatable bonds is 16. The normalized spacial score (nSPS) is 13.9. The topological polar surface area (TPSA) is 295 Å². The first kappa shape index (κ1) is 30.4. The molecule has 0 aliphatic heterocycles. The quantitative estimate of drug-likeness (QED) is 0.0410. The third-order valence-electron chi connectivity index (χ3n) is 4.14. The number of primary amides is 1. The SMILES string of the molecule is NC(=O)CC(NC(=O)C(N)CS)C(=O)NC(CC(=O)O)C(=O)NC(CCCN=C(N)N)C(=O)O. The smallest absolute Gasteiger partial charge is 0.326 e. The molecule has 0 radical (unpaired) electrons. The summed E-state index contributed by atoms with van der Waals surface area (Å²) in [5.41, 5.74) is 20.9. The zero-order chi connectivity index (χ0) is 26.4. The molecule has 0 aromatic heterocycles. The summed E-state index contributed by atoms with van der Waals surface area (Å²) < 4.78 is 0. The Labute approximate surface area is 199 Å². The van der Waals surface area contributed by atoms with Crippen LogP contribution >= 0.6 is 12.6 Å². The van der Waals surface area contributed by atoms with Gasteiger partial charge in [-0.2, -0.15) is 12.6 Å². The van der Waals surface area contributed by atoms with Gasteiger partial charge >= 0.3 is 11.9 Å². The summed E-state index contributed by atoms with van der Waals surface area (Å²) in [7, 11) is 0. The van der Waals surface area contributed by atoms with Gasteiger partial charge in [0.1, 0.15) is 18.1 Å². The van der Waals surface area contributed by atoms with Crippen LogP contribution < -0.4 is 38.9 Å². The number of aliphatic carboxylic acids is 2. The summed E-state index contributed by atoms with van der Waals surface area (Å²) in [4.78, 5) is 74.8. The van der Waals surface area contributed by atoms with E-state index in [9.17, 15) is 33.9 Å². The highest BCUT2D eigenvalue weighted by molar-refractivity contribution is 7.80. The second-order valence-corrected chi connectivity index (χ2v) is 7.39. The Balaban J connectivity index is 5.45. The Morgan fingerprint density at radius 3 is 1.76 bits per heavy atom. The van der Waals surface area contributed by atoms with Crippen molar-refractivity contribution >= 4 is 54.2 Å². The lowest BCUT2D eigenvalue weighted by Crippen LogP contribution is -2.58. The zero-order valence-electron chi connectivity index (χ0n) is 18.1. The number of guanidine groups is 1. The monoisotopic (exact) mass is 506 g/mol. The maximum Gasteiger partial charge on any atom is 0.326 e. The largest absolute Gasteiger partial charge is 0.481 e. The highest BCUT2D eigenvalue weighted by Crippen LogP contribution is 2.03. The van der Waals surface area contributed by atoms with Crippen LogP contribution in [0.25, 0.3) is 0 Å². The van der Waals surface area contributed by atoms with Gasteiger partial charge in [0.2, 0.25) is 23.6 Å². The Kier molecular flexibility index (Phi) is 13.7. The van der Waals surface area contributed by atoms with Gasteiger partial charge in [0.25, 0.3) is 0 Å². The van der Waals surface area contributed by atoms with Gasteiger partial charge in [0.15, 0.2) is 5.96 Å². The summed E-state index contributed by atoms with van der Waals surface area (Å²) in [6.07, 6.45) is -1.54. The molecule has 13 N–H and O–H groups in total. The van der Waals surface area contributed by atoms with Gasteiger partial charge in [-0.25, -0.2) is 4.79 Å². The molecule has 0 aromatic carbocycles. The average molecular weight is 507 g/mol. The number of nitrogens with zero attached hydrogens (tertiary/aromatic N) is 1. The predicted octanol–water partition coefficient (Wildman–Crippen LogP) is -4.81. The van der Waals surface area contributed by atoms with E-state index in [2.05, 4.69) is 33.6 Å². The molecule has 16 nitrogen and oxygen atoms in total. The first-order valence-electron chi connectivity index (χ1n) is 9.84. The van der Waals surface area contributed by atoms with Crippen molar-refractivity contribution in [2.75, 3.05) is 12.3 Å². The third kappa shape index (κ3) is 12.4. The van der Waals surface area contributed by atoms with Gasteiger partial charge in [-0.05, 0) is 12.8 Å². The number of nitrogens with two attached hydrogens (primary N) is 4. The van der Waals surface area contributed by atoms with Crippen molar-refractivity contribution in [3.05, 3.63) is 0 Å². The molecule has 4 unspecified atom stereocenters. The van der Waals surface area contributed by atoms with Crippen molar-refractivity contribution in [1.29, 1.82) is 0 Å². The molecule has 34 heavy (non-hydrogen) atoms. The molecule has 0 aliphatic carbocycles. The maximum atomic E-state index is 12.6. The van der Waals surface area contributed by atoms with Gasteiger partial charge in [-0.1, -0.05) is 0 Å². The molecule has 0 bridgehead atoms. The van der Waals surface area contributed by atoms with E-state index in [1.54, 1.807) is 0 Å². The molecule has 4 atom stereocenters. The number of amides is 4. The standard InChI is InChI=1S/C17H30N8O8S/c18-7(6-34)13(29)24-9(4-11(19)26)14(30)25-10(5-12(27)28)15(31)23-8(16(32)33)2-1-3-22-17(20)21/h7-10,34H,1-6,18H2,(H2,19,26)(H,23,31)(H,24,29)(H,25,30)(H,27,28)(H,32,33)(H4,20,21,22). The fourth-order valence-electron chi connectivity index (χ4n) is 2.46. The Morgan fingerprint density at radius 2 is 1.32 bits per heavy atom. The molecule has 0 aliphatic rings. The Bertz CT molecular complexity index is 804. The van der Waals surface area contributed by atoms with Crippen LogP contribution in [-0.2, 0) is 28.8 Å². The number of carboxylic acid groups (broad SMARTS) is 2. The number of thiol groups is 1. The van der Waals surface area contributed by atoms with Crippen LogP contribution in [-0.4, -0.2) is 88.2 Å². The van der Waals surface area contributed by atoms with Crippen LogP contribution in [0.2, 0.25) is 0 Å². The lowest BCUT2D eigenvalue weighted by atomic mass is 10.1. The molecule has 0 spiro atoms. The highest BCUT2D eigenvalue weighted by atomic mass is 32.1. The van der Waals surface area contributed by atoms with E-state index in [0.717, 1.165) is 0 Å². The van der Waals surface area contributed by atoms with Crippen LogP contribution in [0.5, 0.6) is 0 Å². The highest BCUT2D eigenvalue weighted by Gasteiger charge is 2.32. The van der Waals surface area contributed by atoms with E-state index in [1.165, 1.54) is 0 Å². The Hall–Kier alpha value is -3.60. The van der Waals surface area contributed by atoms with Gasteiger partial charge in [-0.3, -0.25) is 29.0 Å². The van der Waals surface area contributed by atoms with Gasteiger partial charge in [-0.15, -0.1) is 0 Å². The molecule has 192 valence electrons. The number of hydrogen-bond donors (Lipinski definition) is 10. The summed E-state index contributed by atoms with van der Waals surface area (Å²) in [6, 6.07) is -5.88. The third-order valence-corrected chi connectivity index (χ3v) is 4.54. The van der Waals surface area contributed by atoms with Gasteiger partial charge in [0.05, 0.1) is 18.9 Å². The summed E-state index contributed by atoms with van der Waals surface area (Å²) in [5.74, 6) is -7.26. The fraction of sp³-hybridized carbons (Fsp3) is 0.588. The molecule has 0 aromatic rings. The summed E-state index contributed by atoms with van der Waals surface area (Å²) in [5, 5.41) is 24.8. The van der Waals surface area contributed by atoms with E-state index in [1.807, 2.05) is 0 Å². The maximum absolute atomic E-state index is 12.6. The van der Waals surface area contributed by atoms with E-state index >= 15 is 0 Å². The van der Waals surface area contributed by atoms with Crippen LogP contribution in [0.15, 0.2) is 4.99 Å². The minimum atomic E-state index is -1.74. The van der Waals surface area contributed by atoms with Crippen molar-refractivity contribution < 1.29 is 39.0 Å². The molecular formula is C17H30N8O8S. The number of nitrogens with one attached hydrogen (secondary N) is 3. The molecule has 0 saturated carbocycles. The molecule has 0 rings (SSSR count). The number of hydrogen-bond acceptors (Lipinski definition) is 9. The fourth-order valence-corrected chi connectivity index (χ4v) is 2.63. The van der Waals surface area contributed by atoms with Crippen LogP contribution in [0.3, 0.4) is 0 Å². The molecule has 0 saturated heterocycles. The minimum Gasteiger partial charge on any atom is -0.481 e. The second kappa shape index (κ2) is 15.3. The Morgan fingerprint density at radius 1 is 0.824 bits per heavy atom. The molecule has 4 amide bonds. The molecule has 0 heterocycles. The van der Waals surface area contributed by atoms with E-state index < -0.39 is 72.6 Å². The van der Waals surface area contributed by atoms with Crippen molar-refractivity contribution in [3.8, 4) is 0 Å².